The van der Waals surface area contributed by atoms with Gasteiger partial charge in [-0.1, -0.05) is 18.2 Å². The number of amides is 1. The van der Waals surface area contributed by atoms with Crippen LogP contribution < -0.4 is 0 Å². The summed E-state index contributed by atoms with van der Waals surface area (Å²) in [5.41, 5.74) is 2.66. The molecule has 1 atom stereocenters. The first-order valence-corrected chi connectivity index (χ1v) is 8.13. The van der Waals surface area contributed by atoms with Crippen molar-refractivity contribution in [2.24, 2.45) is 0 Å². The van der Waals surface area contributed by atoms with E-state index in [4.69, 9.17) is 4.74 Å². The Bertz CT molecular complexity index is 696. The van der Waals surface area contributed by atoms with Crippen LogP contribution in [0, 0.1) is 0 Å². The number of H-pyrrole nitrogens is 1. The van der Waals surface area contributed by atoms with Gasteiger partial charge in [0.05, 0.1) is 0 Å². The number of aromatic nitrogens is 1. The van der Waals surface area contributed by atoms with E-state index in [1.54, 1.807) is 0 Å². The molecule has 1 unspecified atom stereocenters. The SMILES string of the molecule is CN(CC1(c2c[nH]c3ccccc23)CC1)C(=O)C1CCCO1. The van der Waals surface area contributed by atoms with E-state index in [0.29, 0.717) is 0 Å². The smallest absolute Gasteiger partial charge is 0.251 e. The number of nitrogens with one attached hydrogen (secondary N) is 1. The summed E-state index contributed by atoms with van der Waals surface area (Å²) in [5, 5.41) is 1.29. The minimum Gasteiger partial charge on any atom is -0.368 e. The fraction of sp³-hybridized carbons (Fsp3) is 0.500. The van der Waals surface area contributed by atoms with Crippen molar-refractivity contribution in [3.8, 4) is 0 Å². The number of nitrogens with zero attached hydrogens (tertiary/aromatic N) is 1. The third-order valence-corrected chi connectivity index (χ3v) is 5.14. The van der Waals surface area contributed by atoms with E-state index < -0.39 is 0 Å². The number of hydrogen-bond acceptors (Lipinski definition) is 2. The maximum Gasteiger partial charge on any atom is 0.251 e. The quantitative estimate of drug-likeness (QED) is 0.943. The summed E-state index contributed by atoms with van der Waals surface area (Å²) in [6, 6.07) is 8.41. The first kappa shape index (κ1) is 13.8. The van der Waals surface area contributed by atoms with Crippen molar-refractivity contribution in [3.63, 3.8) is 0 Å². The minimum absolute atomic E-state index is 0.128. The standard InChI is InChI=1S/C18H22N2O2/c1-20(17(21)16-7-4-10-22-16)12-18(8-9-18)14-11-19-15-6-3-2-5-13(14)15/h2-3,5-6,11,16,19H,4,7-10,12H2,1H3. The van der Waals surface area contributed by atoms with E-state index in [1.807, 2.05) is 11.9 Å². The molecule has 1 aliphatic heterocycles. The second kappa shape index (κ2) is 5.13. The van der Waals surface area contributed by atoms with Crippen molar-refractivity contribution in [2.75, 3.05) is 20.2 Å². The average Bonchev–Trinajstić information content (AvgIpc) is 2.97. The number of ether oxygens (including phenoxy) is 1. The number of rotatable bonds is 4. The van der Waals surface area contributed by atoms with Crippen molar-refractivity contribution in [1.29, 1.82) is 0 Å². The summed E-state index contributed by atoms with van der Waals surface area (Å²) in [5.74, 6) is 0.142. The van der Waals surface area contributed by atoms with Gasteiger partial charge in [-0.05, 0) is 37.3 Å². The molecule has 1 saturated heterocycles. The van der Waals surface area contributed by atoms with Gasteiger partial charge >= 0.3 is 0 Å². The number of hydrogen-bond donors (Lipinski definition) is 1. The predicted octanol–water partition coefficient (Wildman–Crippen LogP) is 2.84. The Labute approximate surface area is 130 Å². The van der Waals surface area contributed by atoms with Gasteiger partial charge in [0.25, 0.3) is 5.91 Å². The molecule has 0 spiro atoms. The molecule has 2 heterocycles. The Morgan fingerprint density at radius 3 is 2.95 bits per heavy atom. The molecule has 4 nitrogen and oxygen atoms in total. The molecular formula is C18H22N2O2. The number of carbonyl (C=O) groups excluding carboxylic acids is 1. The van der Waals surface area contributed by atoms with Crippen LogP contribution in [0.5, 0.6) is 0 Å². The lowest BCUT2D eigenvalue weighted by molar-refractivity contribution is -0.139. The van der Waals surface area contributed by atoms with Crippen molar-refractivity contribution >= 4 is 16.8 Å². The molecular weight excluding hydrogens is 276 g/mol. The number of benzene rings is 1. The van der Waals surface area contributed by atoms with Gasteiger partial charge in [-0.2, -0.15) is 0 Å². The zero-order chi connectivity index (χ0) is 15.2. The Morgan fingerprint density at radius 2 is 2.23 bits per heavy atom. The minimum atomic E-state index is -0.219. The number of aromatic amines is 1. The molecule has 2 fully saturated rings. The van der Waals surface area contributed by atoms with Crippen molar-refractivity contribution in [2.45, 2.75) is 37.2 Å². The van der Waals surface area contributed by atoms with Crippen molar-refractivity contribution in [1.82, 2.24) is 9.88 Å². The van der Waals surface area contributed by atoms with E-state index in [-0.39, 0.29) is 17.4 Å². The Kier molecular flexibility index (Phi) is 3.22. The molecule has 4 heteroatoms. The van der Waals surface area contributed by atoms with Gasteiger partial charge in [-0.15, -0.1) is 0 Å². The highest BCUT2D eigenvalue weighted by molar-refractivity contribution is 5.85. The predicted molar refractivity (Wildman–Crippen MR) is 85.8 cm³/mol. The largest absolute Gasteiger partial charge is 0.368 e. The Morgan fingerprint density at radius 1 is 1.41 bits per heavy atom. The van der Waals surface area contributed by atoms with Gasteiger partial charge < -0.3 is 14.6 Å². The summed E-state index contributed by atoms with van der Waals surface area (Å²) >= 11 is 0. The number of fused-ring (bicyclic) bond motifs is 1. The molecule has 1 saturated carbocycles. The van der Waals surface area contributed by atoms with E-state index >= 15 is 0 Å². The first-order chi connectivity index (χ1) is 10.7. The van der Waals surface area contributed by atoms with Crippen LogP contribution in [0.15, 0.2) is 30.5 Å². The highest BCUT2D eigenvalue weighted by Crippen LogP contribution is 2.50. The van der Waals surface area contributed by atoms with Crippen LogP contribution in [-0.4, -0.2) is 42.1 Å². The van der Waals surface area contributed by atoms with Gasteiger partial charge in [-0.25, -0.2) is 0 Å². The molecule has 22 heavy (non-hydrogen) atoms. The second-order valence-electron chi connectivity index (χ2n) is 6.72. The van der Waals surface area contributed by atoms with Gasteiger partial charge in [0.2, 0.25) is 0 Å². The zero-order valence-corrected chi connectivity index (χ0v) is 13.0. The lowest BCUT2D eigenvalue weighted by Gasteiger charge is -2.26. The topological polar surface area (TPSA) is 45.3 Å². The van der Waals surface area contributed by atoms with Crippen LogP contribution >= 0.6 is 0 Å². The molecule has 1 N–H and O–H groups in total. The summed E-state index contributed by atoms with van der Waals surface area (Å²) in [7, 11) is 1.92. The van der Waals surface area contributed by atoms with E-state index in [0.717, 1.165) is 38.8 Å². The number of para-hydroxylation sites is 1. The average molecular weight is 298 g/mol. The second-order valence-corrected chi connectivity index (χ2v) is 6.72. The monoisotopic (exact) mass is 298 g/mol. The fourth-order valence-corrected chi connectivity index (χ4v) is 3.72. The van der Waals surface area contributed by atoms with Crippen LogP contribution in [0.2, 0.25) is 0 Å². The first-order valence-electron chi connectivity index (χ1n) is 8.13. The molecule has 0 radical (unpaired) electrons. The number of carbonyl (C=O) groups is 1. The summed E-state index contributed by atoms with van der Waals surface area (Å²) in [4.78, 5) is 17.7. The van der Waals surface area contributed by atoms with Gasteiger partial charge in [0, 0.05) is 42.7 Å². The van der Waals surface area contributed by atoms with Gasteiger partial charge in [-0.3, -0.25) is 4.79 Å². The van der Waals surface area contributed by atoms with Crippen LogP contribution in [0.4, 0.5) is 0 Å². The summed E-state index contributed by atoms with van der Waals surface area (Å²) in [6.07, 6.45) is 6.07. The van der Waals surface area contributed by atoms with E-state index in [1.165, 1.54) is 16.5 Å². The normalized spacial score (nSPS) is 22.9. The molecule has 4 rings (SSSR count). The zero-order valence-electron chi connectivity index (χ0n) is 13.0. The molecule has 116 valence electrons. The van der Waals surface area contributed by atoms with Crippen LogP contribution in [-0.2, 0) is 14.9 Å². The third-order valence-electron chi connectivity index (χ3n) is 5.14. The fourth-order valence-electron chi connectivity index (χ4n) is 3.72. The van der Waals surface area contributed by atoms with E-state index in [2.05, 4.69) is 35.4 Å². The molecule has 2 aromatic rings. The lowest BCUT2D eigenvalue weighted by Crippen LogP contribution is -2.40. The lowest BCUT2D eigenvalue weighted by atomic mass is 9.94. The highest BCUT2D eigenvalue weighted by atomic mass is 16.5. The molecule has 1 aromatic heterocycles. The van der Waals surface area contributed by atoms with Crippen molar-refractivity contribution in [3.05, 3.63) is 36.0 Å². The van der Waals surface area contributed by atoms with Gasteiger partial charge in [0.15, 0.2) is 0 Å². The van der Waals surface area contributed by atoms with Gasteiger partial charge in [0.1, 0.15) is 6.10 Å². The van der Waals surface area contributed by atoms with Crippen molar-refractivity contribution < 1.29 is 9.53 Å². The Balaban J connectivity index is 1.55. The van der Waals surface area contributed by atoms with E-state index in [9.17, 15) is 4.79 Å². The molecule has 2 aliphatic rings. The third kappa shape index (κ3) is 2.22. The molecule has 0 bridgehead atoms. The summed E-state index contributed by atoms with van der Waals surface area (Å²) in [6.45, 7) is 1.51. The highest BCUT2D eigenvalue weighted by Gasteiger charge is 2.47. The Hall–Kier alpha value is -1.81. The summed E-state index contributed by atoms with van der Waals surface area (Å²) < 4.78 is 5.53. The maximum atomic E-state index is 12.5. The van der Waals surface area contributed by atoms with Crippen LogP contribution in [0.25, 0.3) is 10.9 Å². The molecule has 1 aromatic carbocycles. The maximum absolute atomic E-state index is 12.5. The van der Waals surface area contributed by atoms with Crippen LogP contribution in [0.1, 0.15) is 31.2 Å². The van der Waals surface area contributed by atoms with Crippen LogP contribution in [0.3, 0.4) is 0 Å². The molecule has 1 amide bonds. The molecule has 1 aliphatic carbocycles. The number of likely N-dealkylation sites (N-methyl/N-ethyl adjacent to an activating group) is 1.